The van der Waals surface area contributed by atoms with Crippen molar-refractivity contribution in [2.24, 2.45) is 0 Å². The Kier molecular flexibility index (Phi) is 18.5. The molecule has 0 aliphatic heterocycles. The molecular formula is C8H21BaO3P. The summed E-state index contributed by atoms with van der Waals surface area (Å²) in [7, 11) is -2.13. The van der Waals surface area contributed by atoms with E-state index in [4.69, 9.17) is 9.79 Å². The van der Waals surface area contributed by atoms with Crippen LogP contribution in [0.25, 0.3) is 0 Å². The molecule has 78 valence electrons. The Hall–Kier alpha value is 1.88. The molecular weight excluding hydrogens is 312 g/mol. The normalized spacial score (nSPS) is 10.2. The fourth-order valence-corrected chi connectivity index (χ4v) is 1.32. The van der Waals surface area contributed by atoms with Crippen LogP contribution in [-0.4, -0.2) is 65.3 Å². The molecule has 0 unspecified atom stereocenters. The van der Waals surface area contributed by atoms with Crippen LogP contribution in [0.4, 0.5) is 0 Å². The molecule has 0 saturated carbocycles. The Labute approximate surface area is 125 Å². The van der Waals surface area contributed by atoms with Gasteiger partial charge in [-0.3, -0.25) is 0 Å². The van der Waals surface area contributed by atoms with Crippen molar-refractivity contribution in [3.05, 3.63) is 0 Å². The van der Waals surface area contributed by atoms with Gasteiger partial charge in [-0.1, -0.05) is 39.0 Å². The molecule has 0 fully saturated rings. The quantitative estimate of drug-likeness (QED) is 0.407. The summed E-state index contributed by atoms with van der Waals surface area (Å²) in [4.78, 5) is 16.8. The number of unbranched alkanes of at least 4 members (excludes halogenated alkanes) is 5. The summed E-state index contributed by atoms with van der Waals surface area (Å²) in [6.07, 6.45) is 7.13. The van der Waals surface area contributed by atoms with Crippen molar-refractivity contribution in [2.45, 2.75) is 45.4 Å². The molecule has 0 atom stereocenters. The molecule has 0 bridgehead atoms. The van der Waals surface area contributed by atoms with Gasteiger partial charge < -0.3 is 17.2 Å². The Morgan fingerprint density at radius 2 is 1.62 bits per heavy atom. The predicted octanol–water partition coefficient (Wildman–Crippen LogP) is 2.42. The van der Waals surface area contributed by atoms with Crippen LogP contribution in [0.3, 0.4) is 0 Å². The SMILES string of the molecule is CCCCCCCCOP(O)O.[Ba+2].[H-].[H-]. The van der Waals surface area contributed by atoms with E-state index in [9.17, 15) is 0 Å². The minimum absolute atomic E-state index is 0. The Bertz CT molecular complexity index is 102. The maximum atomic E-state index is 8.39. The largest absolute Gasteiger partial charge is 2.00 e. The van der Waals surface area contributed by atoms with Gasteiger partial charge in [0.1, 0.15) is 0 Å². The van der Waals surface area contributed by atoms with Crippen LogP contribution in [-0.2, 0) is 4.52 Å². The molecule has 5 heteroatoms. The van der Waals surface area contributed by atoms with Gasteiger partial charge in [-0.15, -0.1) is 0 Å². The molecule has 0 aliphatic carbocycles. The van der Waals surface area contributed by atoms with Crippen LogP contribution < -0.4 is 0 Å². The minimum atomic E-state index is -2.13. The zero-order chi connectivity index (χ0) is 9.23. The van der Waals surface area contributed by atoms with Crippen molar-refractivity contribution < 1.29 is 17.2 Å². The average Bonchev–Trinajstić information content (AvgIpc) is 2.02. The van der Waals surface area contributed by atoms with E-state index in [2.05, 4.69) is 11.4 Å². The smallest absolute Gasteiger partial charge is 1.00 e. The monoisotopic (exact) mass is 334 g/mol. The topological polar surface area (TPSA) is 49.7 Å². The zero-order valence-electron chi connectivity index (χ0n) is 10.4. The van der Waals surface area contributed by atoms with E-state index in [0.717, 1.165) is 12.8 Å². The van der Waals surface area contributed by atoms with E-state index >= 15 is 0 Å². The van der Waals surface area contributed by atoms with Gasteiger partial charge in [0.05, 0.1) is 6.61 Å². The minimum Gasteiger partial charge on any atom is -1.00 e. The van der Waals surface area contributed by atoms with Gasteiger partial charge >= 0.3 is 57.5 Å². The third kappa shape index (κ3) is 16.6. The molecule has 2 N–H and O–H groups in total. The van der Waals surface area contributed by atoms with Crippen LogP contribution in [0, 0.1) is 0 Å². The third-order valence-electron chi connectivity index (χ3n) is 1.70. The van der Waals surface area contributed by atoms with E-state index in [-0.39, 0.29) is 51.7 Å². The van der Waals surface area contributed by atoms with Crippen LogP contribution in [0.15, 0.2) is 0 Å². The first kappa shape index (κ1) is 17.3. The first-order valence-electron chi connectivity index (χ1n) is 4.58. The molecule has 0 saturated heterocycles. The van der Waals surface area contributed by atoms with Gasteiger partial charge in [0, 0.05) is 0 Å². The molecule has 0 aromatic rings. The molecule has 0 spiro atoms. The van der Waals surface area contributed by atoms with Crippen molar-refractivity contribution in [1.29, 1.82) is 0 Å². The second-order valence-corrected chi connectivity index (χ2v) is 3.62. The Morgan fingerprint density at radius 3 is 2.15 bits per heavy atom. The van der Waals surface area contributed by atoms with Crippen LogP contribution >= 0.6 is 8.60 Å². The zero-order valence-corrected chi connectivity index (χ0v) is 13.7. The first-order valence-corrected chi connectivity index (χ1v) is 5.74. The third-order valence-corrected chi connectivity index (χ3v) is 2.12. The van der Waals surface area contributed by atoms with E-state index in [1.54, 1.807) is 0 Å². The van der Waals surface area contributed by atoms with E-state index in [1.807, 2.05) is 0 Å². The van der Waals surface area contributed by atoms with E-state index in [0.29, 0.717) is 6.61 Å². The maximum absolute atomic E-state index is 8.39. The van der Waals surface area contributed by atoms with Gasteiger partial charge in [0.25, 0.3) is 0 Å². The number of rotatable bonds is 8. The summed E-state index contributed by atoms with van der Waals surface area (Å²) in [6.45, 7) is 2.67. The molecule has 0 amide bonds. The van der Waals surface area contributed by atoms with Crippen molar-refractivity contribution in [1.82, 2.24) is 0 Å². The van der Waals surface area contributed by atoms with Gasteiger partial charge in [0.15, 0.2) is 0 Å². The van der Waals surface area contributed by atoms with E-state index in [1.165, 1.54) is 25.7 Å². The molecule has 0 rings (SSSR count). The molecule has 0 radical (unpaired) electrons. The second kappa shape index (κ2) is 13.9. The predicted molar refractivity (Wildman–Crippen MR) is 58.7 cm³/mol. The van der Waals surface area contributed by atoms with Crippen LogP contribution in [0.2, 0.25) is 0 Å². The standard InChI is InChI=1S/C8H19O3P.Ba.2H/c1-2-3-4-5-6-7-8-11-12(9)10;;;/h9-10H,2-8H2,1H3;;;/q;+2;2*-1. The summed E-state index contributed by atoms with van der Waals surface area (Å²) < 4.78 is 4.62. The molecule has 0 aliphatic rings. The first-order chi connectivity index (χ1) is 5.77. The van der Waals surface area contributed by atoms with Crippen LogP contribution in [0.1, 0.15) is 48.3 Å². The van der Waals surface area contributed by atoms with Gasteiger partial charge in [-0.05, 0) is 6.42 Å². The fraction of sp³-hybridized carbons (Fsp3) is 1.00. The molecule has 0 aromatic heterocycles. The van der Waals surface area contributed by atoms with Gasteiger partial charge in [-0.25, -0.2) is 0 Å². The summed E-state index contributed by atoms with van der Waals surface area (Å²) in [5.74, 6) is 0. The Morgan fingerprint density at radius 1 is 1.08 bits per heavy atom. The fourth-order valence-electron chi connectivity index (χ4n) is 1.03. The van der Waals surface area contributed by atoms with Gasteiger partial charge in [-0.2, -0.15) is 0 Å². The number of hydrogen-bond donors (Lipinski definition) is 2. The summed E-state index contributed by atoms with van der Waals surface area (Å²) in [5, 5.41) is 0. The average molecular weight is 334 g/mol. The summed E-state index contributed by atoms with van der Waals surface area (Å²) >= 11 is 0. The van der Waals surface area contributed by atoms with Crippen LogP contribution in [0.5, 0.6) is 0 Å². The molecule has 0 aromatic carbocycles. The molecule has 3 nitrogen and oxygen atoms in total. The van der Waals surface area contributed by atoms with Crippen molar-refractivity contribution in [2.75, 3.05) is 6.61 Å². The molecule has 0 heterocycles. The summed E-state index contributed by atoms with van der Waals surface area (Å²) in [6, 6.07) is 0. The summed E-state index contributed by atoms with van der Waals surface area (Å²) in [5.41, 5.74) is 0. The second-order valence-electron chi connectivity index (χ2n) is 2.85. The van der Waals surface area contributed by atoms with Crippen molar-refractivity contribution >= 4 is 57.5 Å². The van der Waals surface area contributed by atoms with Crippen molar-refractivity contribution in [3.63, 3.8) is 0 Å². The van der Waals surface area contributed by atoms with E-state index < -0.39 is 8.60 Å². The Balaban J connectivity index is -0.000000202. The van der Waals surface area contributed by atoms with Crippen molar-refractivity contribution in [3.8, 4) is 0 Å². The molecule has 13 heavy (non-hydrogen) atoms. The maximum Gasteiger partial charge on any atom is 2.00 e. The number of hydrogen-bond acceptors (Lipinski definition) is 3. The van der Waals surface area contributed by atoms with Gasteiger partial charge in [0.2, 0.25) is 0 Å².